The van der Waals surface area contributed by atoms with E-state index in [2.05, 4.69) is 26.1 Å². The highest BCUT2D eigenvalue weighted by atomic mass is 16.4. The summed E-state index contributed by atoms with van der Waals surface area (Å²) in [7, 11) is 0. The first-order valence-electron chi connectivity index (χ1n) is 8.37. The van der Waals surface area contributed by atoms with Crippen LogP contribution in [0.15, 0.2) is 48.5 Å². The minimum atomic E-state index is -1.04. The monoisotopic (exact) mass is 339 g/mol. The molecule has 0 aromatic heterocycles. The molecule has 0 saturated carbocycles. The van der Waals surface area contributed by atoms with E-state index in [1.54, 1.807) is 12.1 Å². The predicted octanol–water partition coefficient (Wildman–Crippen LogP) is 3.72. The lowest BCUT2D eigenvalue weighted by Gasteiger charge is -2.19. The average molecular weight is 339 g/mol. The summed E-state index contributed by atoms with van der Waals surface area (Å²) >= 11 is 0. The SMILES string of the molecule is Cc1ccccc1C[C@@H](NC(=O)c1ccc(C(C)(C)C)cc1)C(=O)O. The fraction of sp³-hybridized carbons (Fsp3) is 0.333. The third kappa shape index (κ3) is 4.92. The topological polar surface area (TPSA) is 66.4 Å². The smallest absolute Gasteiger partial charge is 0.326 e. The maximum atomic E-state index is 12.4. The molecule has 132 valence electrons. The Hall–Kier alpha value is -2.62. The number of aryl methyl sites for hydroxylation is 1. The highest BCUT2D eigenvalue weighted by Gasteiger charge is 2.22. The Morgan fingerprint density at radius 3 is 2.16 bits per heavy atom. The second kappa shape index (κ2) is 7.51. The molecule has 0 spiro atoms. The standard InChI is InChI=1S/C21H25NO3/c1-14-7-5-6-8-16(14)13-18(20(24)25)22-19(23)15-9-11-17(12-10-15)21(2,3)4/h5-12,18H,13H2,1-4H3,(H,22,23)(H,24,25)/t18-/m1/s1. The van der Waals surface area contributed by atoms with Crippen molar-refractivity contribution < 1.29 is 14.7 Å². The predicted molar refractivity (Wildman–Crippen MR) is 98.9 cm³/mol. The van der Waals surface area contributed by atoms with Crippen molar-refractivity contribution in [1.29, 1.82) is 0 Å². The van der Waals surface area contributed by atoms with E-state index in [-0.39, 0.29) is 17.7 Å². The van der Waals surface area contributed by atoms with Gasteiger partial charge in [0.2, 0.25) is 0 Å². The lowest BCUT2D eigenvalue weighted by molar-refractivity contribution is -0.139. The van der Waals surface area contributed by atoms with Crippen molar-refractivity contribution in [2.75, 3.05) is 0 Å². The summed E-state index contributed by atoms with van der Waals surface area (Å²) in [6, 6.07) is 13.9. The normalized spacial score (nSPS) is 12.5. The number of hydrogen-bond donors (Lipinski definition) is 2. The van der Waals surface area contributed by atoms with Crippen molar-refractivity contribution in [3.63, 3.8) is 0 Å². The molecule has 0 bridgehead atoms. The number of carboxylic acids is 1. The minimum Gasteiger partial charge on any atom is -0.480 e. The lowest BCUT2D eigenvalue weighted by Crippen LogP contribution is -2.42. The summed E-state index contributed by atoms with van der Waals surface area (Å²) in [4.78, 5) is 24.0. The van der Waals surface area contributed by atoms with Gasteiger partial charge in [-0.05, 0) is 41.2 Å². The van der Waals surface area contributed by atoms with Crippen molar-refractivity contribution in [3.05, 3.63) is 70.8 Å². The van der Waals surface area contributed by atoms with Crippen molar-refractivity contribution in [2.24, 2.45) is 0 Å². The Kier molecular flexibility index (Phi) is 5.62. The van der Waals surface area contributed by atoms with Crippen LogP contribution in [0, 0.1) is 6.92 Å². The fourth-order valence-corrected chi connectivity index (χ4v) is 2.62. The molecule has 4 nitrogen and oxygen atoms in total. The van der Waals surface area contributed by atoms with Gasteiger partial charge in [-0.15, -0.1) is 0 Å². The van der Waals surface area contributed by atoms with Gasteiger partial charge >= 0.3 is 5.97 Å². The van der Waals surface area contributed by atoms with Gasteiger partial charge < -0.3 is 10.4 Å². The lowest BCUT2D eigenvalue weighted by atomic mass is 9.86. The first-order chi connectivity index (χ1) is 11.7. The molecule has 0 unspecified atom stereocenters. The molecule has 2 aromatic rings. The zero-order valence-electron chi connectivity index (χ0n) is 15.2. The molecular weight excluding hydrogens is 314 g/mol. The number of aliphatic carboxylic acids is 1. The first kappa shape index (κ1) is 18.7. The molecule has 25 heavy (non-hydrogen) atoms. The van der Waals surface area contributed by atoms with Gasteiger partial charge in [-0.1, -0.05) is 57.2 Å². The summed E-state index contributed by atoms with van der Waals surface area (Å²) in [5.41, 5.74) is 3.52. The Bertz CT molecular complexity index is 757. The van der Waals surface area contributed by atoms with E-state index < -0.39 is 12.0 Å². The Morgan fingerprint density at radius 1 is 1.04 bits per heavy atom. The number of rotatable bonds is 5. The summed E-state index contributed by atoms with van der Waals surface area (Å²) < 4.78 is 0. The number of hydrogen-bond acceptors (Lipinski definition) is 2. The second-order valence-corrected chi connectivity index (χ2v) is 7.32. The zero-order valence-corrected chi connectivity index (χ0v) is 15.2. The van der Waals surface area contributed by atoms with Crippen LogP contribution in [0.4, 0.5) is 0 Å². The van der Waals surface area contributed by atoms with Crippen LogP contribution in [0.25, 0.3) is 0 Å². The van der Waals surface area contributed by atoms with Gasteiger partial charge in [0.25, 0.3) is 5.91 Å². The van der Waals surface area contributed by atoms with Crippen LogP contribution in [0.2, 0.25) is 0 Å². The molecule has 0 aliphatic rings. The summed E-state index contributed by atoms with van der Waals surface area (Å²) in [6.45, 7) is 8.24. The zero-order chi connectivity index (χ0) is 18.6. The van der Waals surface area contributed by atoms with E-state index in [0.29, 0.717) is 5.56 Å². The summed E-state index contributed by atoms with van der Waals surface area (Å²) in [5.74, 6) is -1.41. The largest absolute Gasteiger partial charge is 0.480 e. The number of nitrogens with one attached hydrogen (secondary N) is 1. The molecule has 0 aliphatic carbocycles. The number of carboxylic acid groups (broad SMARTS) is 1. The van der Waals surface area contributed by atoms with Crippen LogP contribution < -0.4 is 5.32 Å². The molecule has 0 radical (unpaired) electrons. The van der Waals surface area contributed by atoms with Gasteiger partial charge in [-0.2, -0.15) is 0 Å². The summed E-state index contributed by atoms with van der Waals surface area (Å²) in [5, 5.41) is 12.1. The van der Waals surface area contributed by atoms with Crippen LogP contribution in [0.1, 0.15) is 47.8 Å². The fourth-order valence-electron chi connectivity index (χ4n) is 2.62. The molecule has 0 heterocycles. The summed E-state index contributed by atoms with van der Waals surface area (Å²) in [6.07, 6.45) is 0.258. The molecule has 1 amide bonds. The number of carbonyl (C=O) groups excluding carboxylic acids is 1. The maximum Gasteiger partial charge on any atom is 0.326 e. The quantitative estimate of drug-likeness (QED) is 0.872. The van der Waals surface area contributed by atoms with E-state index in [1.165, 1.54) is 0 Å². The van der Waals surface area contributed by atoms with E-state index >= 15 is 0 Å². The molecule has 0 aliphatic heterocycles. The van der Waals surface area contributed by atoms with Gasteiger partial charge in [0.05, 0.1) is 0 Å². The molecular formula is C21H25NO3. The number of carbonyl (C=O) groups is 2. The Labute approximate surface area is 148 Å². The molecule has 0 saturated heterocycles. The molecule has 1 atom stereocenters. The molecule has 2 rings (SSSR count). The van der Waals surface area contributed by atoms with Crippen LogP contribution in [0.3, 0.4) is 0 Å². The van der Waals surface area contributed by atoms with Crippen molar-refractivity contribution in [3.8, 4) is 0 Å². The molecule has 2 N–H and O–H groups in total. The van der Waals surface area contributed by atoms with Crippen LogP contribution in [0.5, 0.6) is 0 Å². The second-order valence-electron chi connectivity index (χ2n) is 7.32. The third-order valence-electron chi connectivity index (χ3n) is 4.30. The van der Waals surface area contributed by atoms with Gasteiger partial charge in [-0.25, -0.2) is 4.79 Å². The molecule has 2 aromatic carbocycles. The number of amides is 1. The van der Waals surface area contributed by atoms with Crippen LogP contribution >= 0.6 is 0 Å². The van der Waals surface area contributed by atoms with Gasteiger partial charge in [0.15, 0.2) is 0 Å². The van der Waals surface area contributed by atoms with Crippen molar-refractivity contribution in [1.82, 2.24) is 5.32 Å². The van der Waals surface area contributed by atoms with Crippen LogP contribution in [-0.4, -0.2) is 23.0 Å². The van der Waals surface area contributed by atoms with Gasteiger partial charge in [0.1, 0.15) is 6.04 Å². The van der Waals surface area contributed by atoms with E-state index in [1.807, 2.05) is 43.3 Å². The average Bonchev–Trinajstić information content (AvgIpc) is 2.55. The van der Waals surface area contributed by atoms with Gasteiger partial charge in [0, 0.05) is 12.0 Å². The maximum absolute atomic E-state index is 12.4. The third-order valence-corrected chi connectivity index (χ3v) is 4.30. The first-order valence-corrected chi connectivity index (χ1v) is 8.37. The van der Waals surface area contributed by atoms with E-state index in [4.69, 9.17) is 0 Å². The molecule has 4 heteroatoms. The van der Waals surface area contributed by atoms with Crippen molar-refractivity contribution >= 4 is 11.9 Å². The van der Waals surface area contributed by atoms with Gasteiger partial charge in [-0.3, -0.25) is 4.79 Å². The Morgan fingerprint density at radius 2 is 1.64 bits per heavy atom. The van der Waals surface area contributed by atoms with Crippen molar-refractivity contribution in [2.45, 2.75) is 45.6 Å². The minimum absolute atomic E-state index is 0.00341. The number of benzene rings is 2. The van der Waals surface area contributed by atoms with Crippen LogP contribution in [-0.2, 0) is 16.6 Å². The highest BCUT2D eigenvalue weighted by Crippen LogP contribution is 2.22. The van der Waals surface area contributed by atoms with E-state index in [9.17, 15) is 14.7 Å². The Balaban J connectivity index is 2.13. The molecule has 0 fully saturated rings. The van der Waals surface area contributed by atoms with E-state index in [0.717, 1.165) is 16.7 Å². The highest BCUT2D eigenvalue weighted by molar-refractivity contribution is 5.96.